The summed E-state index contributed by atoms with van der Waals surface area (Å²) in [5.74, 6) is -0.240. The van der Waals surface area contributed by atoms with Crippen LogP contribution >= 0.6 is 12.4 Å². The van der Waals surface area contributed by atoms with Crippen LogP contribution in [0.2, 0.25) is 0 Å². The van der Waals surface area contributed by atoms with Gasteiger partial charge in [-0.25, -0.2) is 8.42 Å². The lowest BCUT2D eigenvalue weighted by atomic mass is 10.1. The summed E-state index contributed by atoms with van der Waals surface area (Å²) in [6, 6.07) is 14.8. The fourth-order valence-electron chi connectivity index (χ4n) is 2.22. The highest BCUT2D eigenvalue weighted by atomic mass is 35.5. The van der Waals surface area contributed by atoms with Gasteiger partial charge in [-0.05, 0) is 36.2 Å². The molecule has 8 heteroatoms. The highest BCUT2D eigenvalue weighted by Gasteiger charge is 2.15. The third kappa shape index (κ3) is 6.67. The fourth-order valence-corrected chi connectivity index (χ4v) is 3.48. The zero-order valence-electron chi connectivity index (χ0n) is 14.5. The molecule has 0 aliphatic heterocycles. The van der Waals surface area contributed by atoms with E-state index in [0.717, 1.165) is 12.0 Å². The van der Waals surface area contributed by atoms with Crippen LogP contribution in [0.1, 0.15) is 31.4 Å². The van der Waals surface area contributed by atoms with Crippen LogP contribution < -0.4 is 15.8 Å². The minimum Gasteiger partial charge on any atom is -0.324 e. The lowest BCUT2D eigenvalue weighted by molar-refractivity contribution is -0.117. The van der Waals surface area contributed by atoms with Crippen molar-refractivity contribution in [1.29, 1.82) is 0 Å². The summed E-state index contributed by atoms with van der Waals surface area (Å²) >= 11 is 0. The van der Waals surface area contributed by atoms with Crippen molar-refractivity contribution in [3.63, 3.8) is 0 Å². The average molecular weight is 398 g/mol. The molecule has 0 aromatic heterocycles. The summed E-state index contributed by atoms with van der Waals surface area (Å²) in [5, 5.41) is 2.72. The molecule has 1 amide bonds. The van der Waals surface area contributed by atoms with E-state index in [1.165, 1.54) is 0 Å². The van der Waals surface area contributed by atoms with Crippen molar-refractivity contribution >= 4 is 39.7 Å². The molecule has 0 aliphatic carbocycles. The normalized spacial score (nSPS) is 11.9. The van der Waals surface area contributed by atoms with Crippen LogP contribution in [-0.4, -0.2) is 20.1 Å². The van der Waals surface area contributed by atoms with Crippen LogP contribution in [0.5, 0.6) is 0 Å². The monoisotopic (exact) mass is 397 g/mol. The van der Waals surface area contributed by atoms with E-state index in [0.29, 0.717) is 17.8 Å². The summed E-state index contributed by atoms with van der Waals surface area (Å²) in [6.07, 6.45) is 1.42. The van der Waals surface area contributed by atoms with Crippen molar-refractivity contribution in [3.05, 3.63) is 60.2 Å². The summed E-state index contributed by atoms with van der Waals surface area (Å²) in [7, 11) is -3.34. The second-order valence-corrected chi connectivity index (χ2v) is 7.57. The lowest BCUT2D eigenvalue weighted by Gasteiger charge is -2.13. The molecule has 2 aromatic rings. The lowest BCUT2D eigenvalue weighted by Crippen LogP contribution is -2.27. The second-order valence-electron chi connectivity index (χ2n) is 5.73. The number of halogens is 1. The minimum atomic E-state index is -3.34. The zero-order chi connectivity index (χ0) is 18.3. The van der Waals surface area contributed by atoms with Crippen molar-refractivity contribution in [3.8, 4) is 0 Å². The number of carbonyl (C=O) groups excluding carboxylic acids is 1. The number of nitrogens with one attached hydrogen (secondary N) is 2. The highest BCUT2D eigenvalue weighted by Crippen LogP contribution is 2.17. The van der Waals surface area contributed by atoms with Gasteiger partial charge in [-0.2, -0.15) is 0 Å². The summed E-state index contributed by atoms with van der Waals surface area (Å²) < 4.78 is 26.3. The molecule has 2 aromatic carbocycles. The first-order valence-corrected chi connectivity index (χ1v) is 9.78. The molecule has 142 valence electrons. The Morgan fingerprint density at radius 2 is 1.62 bits per heavy atom. The Balaban J connectivity index is 0.00000338. The van der Waals surface area contributed by atoms with Gasteiger partial charge < -0.3 is 11.1 Å². The van der Waals surface area contributed by atoms with Gasteiger partial charge in [0.25, 0.3) is 0 Å². The second kappa shape index (κ2) is 10.2. The predicted octanol–water partition coefficient (Wildman–Crippen LogP) is 3.29. The number of rotatable bonds is 8. The van der Waals surface area contributed by atoms with Crippen LogP contribution in [0.4, 0.5) is 11.4 Å². The summed E-state index contributed by atoms with van der Waals surface area (Å²) in [5.41, 5.74) is 7.67. The predicted molar refractivity (Wildman–Crippen MR) is 108 cm³/mol. The summed E-state index contributed by atoms with van der Waals surface area (Å²) in [4.78, 5) is 12.2. The Kier molecular flexibility index (Phi) is 8.57. The maximum atomic E-state index is 12.2. The summed E-state index contributed by atoms with van der Waals surface area (Å²) in [6.45, 7) is 1.94. The van der Waals surface area contributed by atoms with Gasteiger partial charge in [0.1, 0.15) is 6.04 Å². The van der Waals surface area contributed by atoms with E-state index in [4.69, 9.17) is 5.73 Å². The molecule has 0 aliphatic rings. The number of unbranched alkanes of at least 4 members (excludes halogenated alkanes) is 1. The fraction of sp³-hybridized carbons (Fsp3) is 0.278. The van der Waals surface area contributed by atoms with E-state index in [9.17, 15) is 13.2 Å². The molecule has 0 radical (unpaired) electrons. The van der Waals surface area contributed by atoms with Gasteiger partial charge in [-0.3, -0.25) is 9.52 Å². The number of sulfonamides is 1. The number of nitrogens with two attached hydrogens (primary N) is 1. The molecular formula is C18H24ClN3O3S. The largest absolute Gasteiger partial charge is 0.324 e. The van der Waals surface area contributed by atoms with Crippen LogP contribution in [0.15, 0.2) is 54.6 Å². The van der Waals surface area contributed by atoms with Gasteiger partial charge in [0.2, 0.25) is 15.9 Å². The molecule has 0 heterocycles. The number of benzene rings is 2. The van der Waals surface area contributed by atoms with Gasteiger partial charge in [0.05, 0.1) is 5.75 Å². The third-order valence-corrected chi connectivity index (χ3v) is 5.01. The molecule has 2 rings (SSSR count). The molecule has 4 N–H and O–H groups in total. The van der Waals surface area contributed by atoms with Crippen LogP contribution in [0.25, 0.3) is 0 Å². The number of anilines is 2. The Labute approximate surface area is 160 Å². The number of hydrogen-bond acceptors (Lipinski definition) is 4. The van der Waals surface area contributed by atoms with Gasteiger partial charge in [-0.1, -0.05) is 43.7 Å². The van der Waals surface area contributed by atoms with E-state index in [1.807, 2.05) is 25.1 Å². The molecule has 0 spiro atoms. The minimum absolute atomic E-state index is 0. The van der Waals surface area contributed by atoms with E-state index >= 15 is 0 Å². The van der Waals surface area contributed by atoms with Gasteiger partial charge in [0.15, 0.2) is 0 Å². The Hall–Kier alpha value is -2.09. The van der Waals surface area contributed by atoms with Crippen molar-refractivity contribution in [2.75, 3.05) is 15.8 Å². The quantitative estimate of drug-likeness (QED) is 0.636. The SMILES string of the molecule is CCCCS(=O)(=O)Nc1ccc(NC(=O)C(N)c2ccccc2)cc1.Cl. The van der Waals surface area contributed by atoms with Crippen molar-refractivity contribution in [2.24, 2.45) is 5.73 Å². The third-order valence-electron chi connectivity index (χ3n) is 3.63. The van der Waals surface area contributed by atoms with Crippen LogP contribution in [0, 0.1) is 0 Å². The molecule has 0 fully saturated rings. The zero-order valence-corrected chi connectivity index (χ0v) is 16.1. The molecule has 1 unspecified atom stereocenters. The van der Waals surface area contributed by atoms with Gasteiger partial charge >= 0.3 is 0 Å². The Morgan fingerprint density at radius 1 is 1.04 bits per heavy atom. The molecule has 6 nitrogen and oxygen atoms in total. The number of hydrogen-bond donors (Lipinski definition) is 3. The maximum Gasteiger partial charge on any atom is 0.245 e. The first kappa shape index (κ1) is 22.0. The molecule has 0 saturated carbocycles. The van der Waals surface area contributed by atoms with Crippen molar-refractivity contribution in [1.82, 2.24) is 0 Å². The molecule has 0 bridgehead atoms. The van der Waals surface area contributed by atoms with E-state index in [-0.39, 0.29) is 24.1 Å². The maximum absolute atomic E-state index is 12.2. The van der Waals surface area contributed by atoms with E-state index < -0.39 is 16.1 Å². The molecular weight excluding hydrogens is 374 g/mol. The molecule has 1 atom stereocenters. The average Bonchev–Trinajstić information content (AvgIpc) is 2.61. The van der Waals surface area contributed by atoms with E-state index in [2.05, 4.69) is 10.0 Å². The Morgan fingerprint density at radius 3 is 2.19 bits per heavy atom. The smallest absolute Gasteiger partial charge is 0.245 e. The first-order valence-electron chi connectivity index (χ1n) is 8.13. The first-order chi connectivity index (χ1) is 11.9. The van der Waals surface area contributed by atoms with Gasteiger partial charge in [-0.15, -0.1) is 12.4 Å². The van der Waals surface area contributed by atoms with E-state index in [1.54, 1.807) is 36.4 Å². The van der Waals surface area contributed by atoms with Crippen molar-refractivity contribution in [2.45, 2.75) is 25.8 Å². The highest BCUT2D eigenvalue weighted by molar-refractivity contribution is 7.92. The number of amides is 1. The van der Waals surface area contributed by atoms with Crippen molar-refractivity contribution < 1.29 is 13.2 Å². The molecule has 0 saturated heterocycles. The standard InChI is InChI=1S/C18H23N3O3S.ClH/c1-2-3-13-25(23,24)21-16-11-9-15(10-12-16)20-18(22)17(19)14-7-5-4-6-8-14;/h4-12,17,21H,2-3,13,19H2,1H3,(H,20,22);1H. The van der Waals surface area contributed by atoms with Crippen LogP contribution in [-0.2, 0) is 14.8 Å². The van der Waals surface area contributed by atoms with Crippen LogP contribution in [0.3, 0.4) is 0 Å². The Bertz CT molecular complexity index is 796. The van der Waals surface area contributed by atoms with Gasteiger partial charge in [0, 0.05) is 11.4 Å². The topological polar surface area (TPSA) is 101 Å². The number of carbonyl (C=O) groups is 1. The molecule has 26 heavy (non-hydrogen) atoms.